The average molecular weight is 411 g/mol. The number of hydrogen-bond acceptors (Lipinski definition) is 2. The minimum atomic E-state index is 0.682. The van der Waals surface area contributed by atoms with Crippen molar-refractivity contribution in [2.45, 2.75) is 13.3 Å². The summed E-state index contributed by atoms with van der Waals surface area (Å²) in [7, 11) is 4.11. The van der Waals surface area contributed by atoms with E-state index in [9.17, 15) is 0 Å². The summed E-state index contributed by atoms with van der Waals surface area (Å²) in [6.07, 6.45) is 3.08. The Morgan fingerprint density at radius 2 is 1.55 bits per heavy atom. The second-order valence-electron chi connectivity index (χ2n) is 8.00. The topological polar surface area (TPSA) is 28.3 Å². The van der Waals surface area contributed by atoms with Gasteiger partial charge in [-0.2, -0.15) is 0 Å². The molecule has 158 valence electrons. The maximum absolute atomic E-state index is 5.92. The summed E-state index contributed by atoms with van der Waals surface area (Å²) in [6, 6.07) is 27.7. The fourth-order valence-corrected chi connectivity index (χ4v) is 4.00. The Kier molecular flexibility index (Phi) is 6.54. The van der Waals surface area contributed by atoms with Gasteiger partial charge in [0, 0.05) is 29.2 Å². The number of H-pyrrole nitrogens is 1. The van der Waals surface area contributed by atoms with Gasteiger partial charge in [0.2, 0.25) is 0 Å². The van der Waals surface area contributed by atoms with E-state index in [0.29, 0.717) is 6.61 Å². The number of nitrogens with zero attached hydrogens (tertiary/aromatic N) is 1. The Labute approximate surface area is 185 Å². The smallest absolute Gasteiger partial charge is 0.119 e. The lowest BCUT2D eigenvalue weighted by Gasteiger charge is -2.16. The molecule has 4 aromatic rings. The number of para-hydroxylation sites is 1. The number of hydrogen-bond donors (Lipinski definition) is 1. The third-order valence-corrected chi connectivity index (χ3v) is 5.59. The third-order valence-electron chi connectivity index (χ3n) is 5.59. The van der Waals surface area contributed by atoms with Crippen molar-refractivity contribution in [3.05, 3.63) is 102 Å². The van der Waals surface area contributed by atoms with Gasteiger partial charge in [-0.3, -0.25) is 0 Å². The van der Waals surface area contributed by atoms with Crippen LogP contribution in [0.5, 0.6) is 5.75 Å². The maximum atomic E-state index is 5.92. The van der Waals surface area contributed by atoms with E-state index in [4.69, 9.17) is 4.74 Å². The van der Waals surface area contributed by atoms with Crippen LogP contribution >= 0.6 is 0 Å². The van der Waals surface area contributed by atoms with Gasteiger partial charge in [-0.05, 0) is 61.0 Å². The largest absolute Gasteiger partial charge is 0.492 e. The van der Waals surface area contributed by atoms with Crippen LogP contribution in [-0.2, 0) is 0 Å². The Morgan fingerprint density at radius 1 is 0.839 bits per heavy atom. The van der Waals surface area contributed by atoms with Crippen molar-refractivity contribution in [1.29, 1.82) is 0 Å². The molecule has 0 saturated heterocycles. The molecule has 0 unspecified atom stereocenters. The summed E-state index contributed by atoms with van der Waals surface area (Å²) < 4.78 is 5.92. The van der Waals surface area contributed by atoms with Crippen LogP contribution in [0.25, 0.3) is 22.0 Å². The molecule has 0 radical (unpaired) electrons. The summed E-state index contributed by atoms with van der Waals surface area (Å²) in [5.74, 6) is 0.904. The highest BCUT2D eigenvalue weighted by Crippen LogP contribution is 2.38. The summed E-state index contributed by atoms with van der Waals surface area (Å²) >= 11 is 0. The SMILES string of the molecule is CC/C(=C(/c1ccc(OCCN(C)C)cc1)c1c[nH]c2ccccc12)c1ccccc1. The van der Waals surface area contributed by atoms with Gasteiger partial charge < -0.3 is 14.6 Å². The van der Waals surface area contributed by atoms with Gasteiger partial charge in [-0.25, -0.2) is 0 Å². The van der Waals surface area contributed by atoms with Crippen molar-refractivity contribution in [2.75, 3.05) is 27.2 Å². The van der Waals surface area contributed by atoms with Crippen LogP contribution < -0.4 is 4.74 Å². The number of rotatable bonds is 8. The highest BCUT2D eigenvalue weighted by atomic mass is 16.5. The van der Waals surface area contributed by atoms with E-state index in [0.717, 1.165) is 24.2 Å². The molecule has 3 heteroatoms. The van der Waals surface area contributed by atoms with E-state index in [1.54, 1.807) is 0 Å². The summed E-state index contributed by atoms with van der Waals surface area (Å²) in [5.41, 5.74) is 7.46. The van der Waals surface area contributed by atoms with E-state index in [-0.39, 0.29) is 0 Å². The van der Waals surface area contributed by atoms with E-state index >= 15 is 0 Å². The van der Waals surface area contributed by atoms with Crippen molar-refractivity contribution < 1.29 is 4.74 Å². The molecule has 0 spiro atoms. The minimum absolute atomic E-state index is 0.682. The molecule has 0 aliphatic carbocycles. The molecular formula is C28H30N2O. The van der Waals surface area contributed by atoms with Crippen LogP contribution in [0.15, 0.2) is 85.1 Å². The van der Waals surface area contributed by atoms with Crippen LogP contribution in [-0.4, -0.2) is 37.1 Å². The molecule has 0 bridgehead atoms. The van der Waals surface area contributed by atoms with Crippen molar-refractivity contribution >= 4 is 22.0 Å². The third kappa shape index (κ3) is 4.73. The fraction of sp³-hybridized carbons (Fsp3) is 0.214. The summed E-state index contributed by atoms with van der Waals surface area (Å²) in [4.78, 5) is 5.58. The first-order valence-corrected chi connectivity index (χ1v) is 10.9. The second kappa shape index (κ2) is 9.67. The van der Waals surface area contributed by atoms with Crippen LogP contribution in [0.2, 0.25) is 0 Å². The number of fused-ring (bicyclic) bond motifs is 1. The van der Waals surface area contributed by atoms with Crippen molar-refractivity contribution in [1.82, 2.24) is 9.88 Å². The molecule has 4 rings (SSSR count). The zero-order chi connectivity index (χ0) is 21.6. The predicted octanol–water partition coefficient (Wildman–Crippen LogP) is 6.48. The number of aromatic amines is 1. The molecule has 0 amide bonds. The monoisotopic (exact) mass is 410 g/mol. The van der Waals surface area contributed by atoms with E-state index in [2.05, 4.69) is 116 Å². The highest BCUT2D eigenvalue weighted by Gasteiger charge is 2.16. The molecule has 3 nitrogen and oxygen atoms in total. The van der Waals surface area contributed by atoms with Crippen molar-refractivity contribution in [2.24, 2.45) is 0 Å². The van der Waals surface area contributed by atoms with Gasteiger partial charge in [0.05, 0.1) is 0 Å². The van der Waals surface area contributed by atoms with Crippen LogP contribution in [0.1, 0.15) is 30.0 Å². The molecule has 0 saturated carbocycles. The quantitative estimate of drug-likeness (QED) is 0.337. The first-order chi connectivity index (χ1) is 15.2. The number of benzene rings is 3. The molecular weight excluding hydrogens is 380 g/mol. The van der Waals surface area contributed by atoms with E-state index in [1.165, 1.54) is 33.2 Å². The number of likely N-dealkylation sites (N-methyl/N-ethyl adjacent to an activating group) is 1. The second-order valence-corrected chi connectivity index (χ2v) is 8.00. The van der Waals surface area contributed by atoms with Gasteiger partial charge in [0.25, 0.3) is 0 Å². The molecule has 0 fully saturated rings. The Hall–Kier alpha value is -3.30. The lowest BCUT2D eigenvalue weighted by molar-refractivity contribution is 0.261. The van der Waals surface area contributed by atoms with Crippen molar-refractivity contribution in [3.8, 4) is 5.75 Å². The Balaban J connectivity index is 1.81. The number of nitrogens with one attached hydrogen (secondary N) is 1. The highest BCUT2D eigenvalue weighted by molar-refractivity contribution is 6.06. The predicted molar refractivity (Wildman–Crippen MR) is 131 cm³/mol. The van der Waals surface area contributed by atoms with Crippen molar-refractivity contribution in [3.63, 3.8) is 0 Å². The minimum Gasteiger partial charge on any atom is -0.492 e. The standard InChI is InChI=1S/C28H30N2O/c1-4-24(21-10-6-5-7-11-21)28(26-20-29-27-13-9-8-12-25(26)27)22-14-16-23(17-15-22)31-19-18-30(2)3/h5-17,20,29H,4,18-19H2,1-3H3/b28-24+. The van der Waals surface area contributed by atoms with Crippen LogP contribution in [0.3, 0.4) is 0 Å². The average Bonchev–Trinajstić information content (AvgIpc) is 3.22. The number of allylic oxidation sites excluding steroid dienone is 1. The van der Waals surface area contributed by atoms with Gasteiger partial charge >= 0.3 is 0 Å². The summed E-state index contributed by atoms with van der Waals surface area (Å²) in [5, 5.41) is 1.24. The fourth-order valence-electron chi connectivity index (χ4n) is 4.00. The molecule has 31 heavy (non-hydrogen) atoms. The van der Waals surface area contributed by atoms with Gasteiger partial charge in [0.1, 0.15) is 12.4 Å². The molecule has 1 aromatic heterocycles. The summed E-state index contributed by atoms with van der Waals surface area (Å²) in [6.45, 7) is 3.81. The molecule has 1 heterocycles. The number of aromatic nitrogens is 1. The van der Waals surface area contributed by atoms with E-state index < -0.39 is 0 Å². The van der Waals surface area contributed by atoms with Gasteiger partial charge in [-0.1, -0.05) is 67.6 Å². The zero-order valence-corrected chi connectivity index (χ0v) is 18.6. The Morgan fingerprint density at radius 3 is 2.26 bits per heavy atom. The molecule has 0 aliphatic rings. The molecule has 0 aliphatic heterocycles. The normalized spacial score (nSPS) is 12.3. The zero-order valence-electron chi connectivity index (χ0n) is 18.6. The van der Waals surface area contributed by atoms with Crippen LogP contribution in [0.4, 0.5) is 0 Å². The molecule has 0 atom stereocenters. The lowest BCUT2D eigenvalue weighted by atomic mass is 9.88. The number of ether oxygens (including phenoxy) is 1. The first kappa shape index (κ1) is 21.0. The van der Waals surface area contributed by atoms with Crippen LogP contribution in [0, 0.1) is 0 Å². The lowest BCUT2D eigenvalue weighted by Crippen LogP contribution is -2.19. The maximum Gasteiger partial charge on any atom is 0.119 e. The molecule has 1 N–H and O–H groups in total. The van der Waals surface area contributed by atoms with Gasteiger partial charge in [0.15, 0.2) is 0 Å². The Bertz CT molecular complexity index is 1150. The van der Waals surface area contributed by atoms with Gasteiger partial charge in [-0.15, -0.1) is 0 Å². The first-order valence-electron chi connectivity index (χ1n) is 10.9. The molecule has 3 aromatic carbocycles. The van der Waals surface area contributed by atoms with E-state index in [1.807, 2.05) is 0 Å².